The highest BCUT2D eigenvalue weighted by molar-refractivity contribution is 6.32. The van der Waals surface area contributed by atoms with Crippen molar-refractivity contribution in [2.45, 2.75) is 13.0 Å². The van der Waals surface area contributed by atoms with Gasteiger partial charge in [-0.1, -0.05) is 29.3 Å². The molecule has 0 saturated carbocycles. The minimum Gasteiger partial charge on any atom is -0.304 e. The van der Waals surface area contributed by atoms with Crippen molar-refractivity contribution in [1.29, 1.82) is 0 Å². The maximum atomic E-state index is 14.3. The molecule has 1 aliphatic rings. The normalized spacial score (nSPS) is 13.8. The van der Waals surface area contributed by atoms with Gasteiger partial charge < -0.3 is 4.90 Å². The number of aromatic nitrogens is 2. The van der Waals surface area contributed by atoms with E-state index in [1.54, 1.807) is 6.07 Å². The summed E-state index contributed by atoms with van der Waals surface area (Å²) in [5.74, 6) is -2.45. The van der Waals surface area contributed by atoms with Crippen LogP contribution >= 0.6 is 23.2 Å². The number of halogens is 5. The predicted octanol–water partition coefficient (Wildman–Crippen LogP) is 4.86. The van der Waals surface area contributed by atoms with Crippen molar-refractivity contribution in [2.24, 2.45) is 0 Å². The molecular formula is C19H12Cl2F3N3O. The first kappa shape index (κ1) is 18.8. The van der Waals surface area contributed by atoms with Crippen LogP contribution in [0.2, 0.25) is 10.2 Å². The SMILES string of the molecule is O=C1c2nn(Cc3cc(F)ccc3F)c(Cl)c2CCN1c1cccc(Cl)c1F. The molecule has 4 nitrogen and oxygen atoms in total. The first-order chi connectivity index (χ1) is 13.4. The van der Waals surface area contributed by atoms with Crippen molar-refractivity contribution < 1.29 is 18.0 Å². The minimum absolute atomic E-state index is 0.0463. The summed E-state index contributed by atoms with van der Waals surface area (Å²) in [7, 11) is 0. The molecule has 2 heterocycles. The van der Waals surface area contributed by atoms with Gasteiger partial charge in [-0.3, -0.25) is 4.79 Å². The number of benzene rings is 2. The zero-order chi connectivity index (χ0) is 20.0. The number of carbonyl (C=O) groups is 1. The molecule has 0 bridgehead atoms. The molecular weight excluding hydrogens is 414 g/mol. The monoisotopic (exact) mass is 425 g/mol. The number of carbonyl (C=O) groups excluding carboxylic acids is 1. The van der Waals surface area contributed by atoms with Crippen LogP contribution in [0.25, 0.3) is 0 Å². The Morgan fingerprint density at radius 2 is 1.89 bits per heavy atom. The number of rotatable bonds is 3. The number of hydrogen-bond donors (Lipinski definition) is 0. The van der Waals surface area contributed by atoms with Crippen LogP contribution in [0.1, 0.15) is 21.6 Å². The fourth-order valence-corrected chi connectivity index (χ4v) is 3.64. The molecule has 0 N–H and O–H groups in total. The third kappa shape index (κ3) is 3.14. The molecule has 3 aromatic rings. The summed E-state index contributed by atoms with van der Waals surface area (Å²) in [5.41, 5.74) is 0.631. The maximum Gasteiger partial charge on any atom is 0.279 e. The van der Waals surface area contributed by atoms with Crippen LogP contribution in [0.15, 0.2) is 36.4 Å². The highest BCUT2D eigenvalue weighted by Gasteiger charge is 2.33. The van der Waals surface area contributed by atoms with E-state index < -0.39 is 23.4 Å². The van der Waals surface area contributed by atoms with E-state index in [0.717, 1.165) is 18.2 Å². The molecule has 2 aromatic carbocycles. The van der Waals surface area contributed by atoms with E-state index in [4.69, 9.17) is 23.2 Å². The highest BCUT2D eigenvalue weighted by atomic mass is 35.5. The van der Waals surface area contributed by atoms with Gasteiger partial charge in [0.25, 0.3) is 5.91 Å². The highest BCUT2D eigenvalue weighted by Crippen LogP contribution is 2.32. The Hall–Kier alpha value is -2.51. The molecule has 0 unspecified atom stereocenters. The largest absolute Gasteiger partial charge is 0.304 e. The Bertz CT molecular complexity index is 1100. The van der Waals surface area contributed by atoms with E-state index in [0.29, 0.717) is 12.0 Å². The average molecular weight is 426 g/mol. The molecule has 0 atom stereocenters. The van der Waals surface area contributed by atoms with Crippen LogP contribution in [0, 0.1) is 17.5 Å². The number of hydrogen-bond acceptors (Lipinski definition) is 2. The lowest BCUT2D eigenvalue weighted by Crippen LogP contribution is -2.38. The number of nitrogens with zero attached hydrogens (tertiary/aromatic N) is 3. The van der Waals surface area contributed by atoms with Gasteiger partial charge in [0.1, 0.15) is 16.8 Å². The van der Waals surface area contributed by atoms with Crippen molar-refractivity contribution >= 4 is 34.8 Å². The summed E-state index contributed by atoms with van der Waals surface area (Å²) < 4.78 is 42.9. The second-order valence-corrected chi connectivity index (χ2v) is 7.06. The zero-order valence-corrected chi connectivity index (χ0v) is 15.7. The van der Waals surface area contributed by atoms with Crippen molar-refractivity contribution in [3.8, 4) is 0 Å². The lowest BCUT2D eigenvalue weighted by atomic mass is 10.1. The van der Waals surface area contributed by atoms with Crippen molar-refractivity contribution in [3.05, 3.63) is 80.8 Å². The molecule has 1 aliphatic heterocycles. The molecule has 28 heavy (non-hydrogen) atoms. The molecule has 0 spiro atoms. The summed E-state index contributed by atoms with van der Waals surface area (Å²) in [4.78, 5) is 14.1. The van der Waals surface area contributed by atoms with E-state index in [1.807, 2.05) is 0 Å². The van der Waals surface area contributed by atoms with E-state index in [2.05, 4.69) is 5.10 Å². The topological polar surface area (TPSA) is 38.1 Å². The Labute approximate surface area is 168 Å². The number of anilines is 1. The summed E-state index contributed by atoms with van der Waals surface area (Å²) in [6.45, 7) is 0.0388. The fraction of sp³-hybridized carbons (Fsp3) is 0.158. The van der Waals surface area contributed by atoms with Crippen LogP contribution in [0.4, 0.5) is 18.9 Å². The smallest absolute Gasteiger partial charge is 0.279 e. The third-order valence-corrected chi connectivity index (χ3v) is 5.28. The van der Waals surface area contributed by atoms with Gasteiger partial charge in [-0.2, -0.15) is 5.10 Å². The van der Waals surface area contributed by atoms with Gasteiger partial charge in [0.15, 0.2) is 11.5 Å². The van der Waals surface area contributed by atoms with Crippen molar-refractivity contribution in [1.82, 2.24) is 9.78 Å². The quantitative estimate of drug-likeness (QED) is 0.600. The van der Waals surface area contributed by atoms with Crippen LogP contribution < -0.4 is 4.90 Å². The van der Waals surface area contributed by atoms with E-state index in [1.165, 1.54) is 21.7 Å². The van der Waals surface area contributed by atoms with Gasteiger partial charge in [0.05, 0.1) is 17.3 Å². The molecule has 0 aliphatic carbocycles. The van der Waals surface area contributed by atoms with Crippen LogP contribution in [-0.4, -0.2) is 22.2 Å². The van der Waals surface area contributed by atoms with Crippen LogP contribution in [-0.2, 0) is 13.0 Å². The van der Waals surface area contributed by atoms with Crippen LogP contribution in [0.3, 0.4) is 0 Å². The fourth-order valence-electron chi connectivity index (χ4n) is 3.19. The molecule has 0 radical (unpaired) electrons. The predicted molar refractivity (Wildman–Crippen MR) is 99.5 cm³/mol. The standard InChI is InChI=1S/C19H12Cl2F3N3O/c20-13-2-1-3-15(16(13)24)26-7-6-12-17(19(26)28)25-27(18(12)21)9-10-8-11(22)4-5-14(10)23/h1-5,8H,6-7,9H2. The van der Waals surface area contributed by atoms with Gasteiger partial charge in [-0.05, 0) is 36.8 Å². The lowest BCUT2D eigenvalue weighted by molar-refractivity contribution is 0.0974. The molecule has 0 saturated heterocycles. The summed E-state index contributed by atoms with van der Waals surface area (Å²) >= 11 is 12.1. The first-order valence-corrected chi connectivity index (χ1v) is 9.07. The molecule has 1 amide bonds. The molecule has 4 rings (SSSR count). The number of amides is 1. The molecule has 144 valence electrons. The second kappa shape index (κ2) is 7.14. The average Bonchev–Trinajstić information content (AvgIpc) is 2.98. The molecule has 9 heteroatoms. The number of fused-ring (bicyclic) bond motifs is 1. The van der Waals surface area contributed by atoms with E-state index in [9.17, 15) is 18.0 Å². The summed E-state index contributed by atoms with van der Waals surface area (Å²) in [6, 6.07) is 7.44. The Balaban J connectivity index is 1.70. The second-order valence-electron chi connectivity index (χ2n) is 6.29. The van der Waals surface area contributed by atoms with E-state index >= 15 is 0 Å². The van der Waals surface area contributed by atoms with E-state index in [-0.39, 0.29) is 40.2 Å². The summed E-state index contributed by atoms with van der Waals surface area (Å²) in [6.07, 6.45) is 0.331. The van der Waals surface area contributed by atoms with Gasteiger partial charge in [0, 0.05) is 17.7 Å². The molecule has 1 aromatic heterocycles. The Kier molecular flexibility index (Phi) is 4.81. The van der Waals surface area contributed by atoms with Crippen LogP contribution in [0.5, 0.6) is 0 Å². The maximum absolute atomic E-state index is 14.3. The van der Waals surface area contributed by atoms with Gasteiger partial charge in [-0.25, -0.2) is 17.9 Å². The zero-order valence-electron chi connectivity index (χ0n) is 14.2. The minimum atomic E-state index is -0.701. The Morgan fingerprint density at radius 3 is 2.68 bits per heavy atom. The molecule has 0 fully saturated rings. The van der Waals surface area contributed by atoms with Gasteiger partial charge in [0.2, 0.25) is 0 Å². The van der Waals surface area contributed by atoms with Crippen molar-refractivity contribution in [3.63, 3.8) is 0 Å². The van der Waals surface area contributed by atoms with Crippen molar-refractivity contribution in [2.75, 3.05) is 11.4 Å². The first-order valence-electron chi connectivity index (χ1n) is 8.32. The Morgan fingerprint density at radius 1 is 1.11 bits per heavy atom. The van der Waals surface area contributed by atoms with Gasteiger partial charge >= 0.3 is 0 Å². The third-order valence-electron chi connectivity index (χ3n) is 4.57. The van der Waals surface area contributed by atoms with Gasteiger partial charge in [-0.15, -0.1) is 0 Å². The lowest BCUT2D eigenvalue weighted by Gasteiger charge is -2.26. The summed E-state index contributed by atoms with van der Waals surface area (Å²) in [5, 5.41) is 4.24.